The molecule has 0 saturated heterocycles. The second kappa shape index (κ2) is 18.8. The molecule has 0 spiro atoms. The maximum Gasteiger partial charge on any atom is 0.258 e. The molecule has 0 aliphatic heterocycles. The van der Waals surface area contributed by atoms with Crippen molar-refractivity contribution in [1.29, 1.82) is 10.5 Å². The molecular formula is C36H31Cl3N6O5. The van der Waals surface area contributed by atoms with Crippen LogP contribution >= 0.6 is 34.8 Å². The highest BCUT2D eigenvalue weighted by molar-refractivity contribution is 6.67. The highest BCUT2D eigenvalue weighted by Gasteiger charge is 2.13. The summed E-state index contributed by atoms with van der Waals surface area (Å²) in [6, 6.07) is 27.4. The lowest BCUT2D eigenvalue weighted by Gasteiger charge is -2.11. The standard InChI is InChI=1S/C18H14ClN3O2.C10H13ClN2O2.C8H4ClNO/c1-11(2)23-16-8-7-14(9-15(16)19)17-21-18(24-22-17)13-5-3-12(10-20)4-6-13;1-6(2)15-9-4-3-7(5-8(9)11)10(12)13-14;9-8(11)7-3-1-6(5-10)2-4-7/h3-9,11H,1-2H3;3-6,14H,1-2H3,(H2,12,13);1-4H. The Morgan fingerprint density at radius 1 is 0.800 bits per heavy atom. The van der Waals surface area contributed by atoms with Gasteiger partial charge in [0.1, 0.15) is 11.5 Å². The Hall–Kier alpha value is -5.59. The van der Waals surface area contributed by atoms with Crippen LogP contribution in [-0.4, -0.2) is 38.6 Å². The third kappa shape index (κ3) is 11.5. The van der Waals surface area contributed by atoms with Gasteiger partial charge in [0.15, 0.2) is 5.84 Å². The molecule has 0 bridgehead atoms. The number of nitrogens with two attached hydrogens (primary N) is 1. The van der Waals surface area contributed by atoms with E-state index in [4.69, 9.17) is 70.3 Å². The first-order chi connectivity index (χ1) is 23.8. The maximum absolute atomic E-state index is 10.5. The molecule has 50 heavy (non-hydrogen) atoms. The maximum atomic E-state index is 10.5. The average molecular weight is 734 g/mol. The van der Waals surface area contributed by atoms with E-state index in [1.54, 1.807) is 66.7 Å². The number of benzene rings is 4. The molecule has 256 valence electrons. The topological polar surface area (TPSA) is 181 Å². The number of oxime groups is 1. The number of nitriles is 2. The number of carbonyl (C=O) groups excluding carboxylic acids is 1. The number of rotatable bonds is 8. The van der Waals surface area contributed by atoms with Crippen molar-refractivity contribution in [3.8, 4) is 46.5 Å². The molecule has 5 aromatic rings. The van der Waals surface area contributed by atoms with E-state index < -0.39 is 5.24 Å². The summed E-state index contributed by atoms with van der Waals surface area (Å²) in [5.41, 5.74) is 8.96. The summed E-state index contributed by atoms with van der Waals surface area (Å²) in [5, 5.41) is 33.0. The van der Waals surface area contributed by atoms with Crippen molar-refractivity contribution >= 4 is 45.9 Å². The molecule has 0 saturated carbocycles. The quantitative estimate of drug-likeness (QED) is 0.0514. The number of halogens is 3. The van der Waals surface area contributed by atoms with E-state index in [0.717, 1.165) is 11.1 Å². The fourth-order valence-electron chi connectivity index (χ4n) is 3.88. The van der Waals surface area contributed by atoms with Gasteiger partial charge >= 0.3 is 0 Å². The third-order valence-electron chi connectivity index (χ3n) is 6.18. The first kappa shape index (κ1) is 38.9. The van der Waals surface area contributed by atoms with Gasteiger partial charge in [-0.05, 0) is 124 Å². The Labute approximate surface area is 304 Å². The molecule has 0 aliphatic carbocycles. The largest absolute Gasteiger partial charge is 0.489 e. The zero-order chi connectivity index (χ0) is 36.8. The molecule has 11 nitrogen and oxygen atoms in total. The van der Waals surface area contributed by atoms with Crippen molar-refractivity contribution in [3.05, 3.63) is 117 Å². The summed E-state index contributed by atoms with van der Waals surface area (Å²) in [6.45, 7) is 7.70. The highest BCUT2D eigenvalue weighted by atomic mass is 35.5. The van der Waals surface area contributed by atoms with E-state index in [1.165, 1.54) is 12.1 Å². The molecule has 4 aromatic carbocycles. The van der Waals surface area contributed by atoms with Crippen LogP contribution in [0, 0.1) is 22.7 Å². The number of hydrogen-bond acceptors (Lipinski definition) is 10. The lowest BCUT2D eigenvalue weighted by atomic mass is 10.1. The van der Waals surface area contributed by atoms with Crippen molar-refractivity contribution in [2.75, 3.05) is 0 Å². The van der Waals surface area contributed by atoms with Gasteiger partial charge in [0, 0.05) is 22.3 Å². The molecule has 0 aliphatic rings. The van der Waals surface area contributed by atoms with E-state index in [2.05, 4.69) is 21.4 Å². The lowest BCUT2D eigenvalue weighted by molar-refractivity contribution is 0.108. The molecule has 0 fully saturated rings. The molecule has 0 atom stereocenters. The summed E-state index contributed by atoms with van der Waals surface area (Å²) >= 11 is 17.4. The molecule has 1 heterocycles. The molecule has 0 amide bonds. The van der Waals surface area contributed by atoms with Crippen LogP contribution in [0.15, 0.2) is 94.6 Å². The Morgan fingerprint density at radius 2 is 1.28 bits per heavy atom. The van der Waals surface area contributed by atoms with Gasteiger partial charge in [-0.1, -0.05) is 33.5 Å². The third-order valence-corrected chi connectivity index (χ3v) is 6.99. The molecular weight excluding hydrogens is 703 g/mol. The van der Waals surface area contributed by atoms with Gasteiger partial charge in [0.2, 0.25) is 5.82 Å². The van der Waals surface area contributed by atoms with Gasteiger partial charge in [-0.25, -0.2) is 0 Å². The first-order valence-corrected chi connectivity index (χ1v) is 15.9. The SMILES string of the molecule is CC(C)Oc1ccc(-c2noc(-c3ccc(C#N)cc3)n2)cc1Cl.CC(C)Oc1ccc(C(N)=NO)cc1Cl.N#Cc1ccc(C(=O)Cl)cc1. The summed E-state index contributed by atoms with van der Waals surface area (Å²) in [7, 11) is 0. The summed E-state index contributed by atoms with van der Waals surface area (Å²) in [4.78, 5) is 14.9. The minimum Gasteiger partial charge on any atom is -0.489 e. The van der Waals surface area contributed by atoms with Gasteiger partial charge in [-0.15, -0.1) is 0 Å². The minimum atomic E-state index is -0.505. The van der Waals surface area contributed by atoms with Crippen LogP contribution < -0.4 is 15.2 Å². The van der Waals surface area contributed by atoms with E-state index in [1.807, 2.05) is 39.8 Å². The van der Waals surface area contributed by atoms with E-state index in [9.17, 15) is 4.79 Å². The lowest BCUT2D eigenvalue weighted by Crippen LogP contribution is -2.13. The molecule has 5 rings (SSSR count). The van der Waals surface area contributed by atoms with Gasteiger partial charge in [0.05, 0.1) is 45.5 Å². The van der Waals surface area contributed by atoms with Gasteiger partial charge in [-0.2, -0.15) is 15.5 Å². The van der Waals surface area contributed by atoms with E-state index >= 15 is 0 Å². The monoisotopic (exact) mass is 732 g/mol. The van der Waals surface area contributed by atoms with Crippen LogP contribution in [0.5, 0.6) is 11.5 Å². The second-order valence-electron chi connectivity index (χ2n) is 10.7. The highest BCUT2D eigenvalue weighted by Crippen LogP contribution is 2.31. The molecule has 1 aromatic heterocycles. The van der Waals surface area contributed by atoms with Crippen molar-refractivity contribution < 1.29 is 24.0 Å². The van der Waals surface area contributed by atoms with Crippen LogP contribution in [0.1, 0.15) is 54.7 Å². The van der Waals surface area contributed by atoms with Crippen LogP contribution in [0.2, 0.25) is 10.0 Å². The molecule has 3 N–H and O–H groups in total. The fourth-order valence-corrected chi connectivity index (χ4v) is 4.45. The van der Waals surface area contributed by atoms with E-state index in [0.29, 0.717) is 55.5 Å². The smallest absolute Gasteiger partial charge is 0.258 e. The number of aromatic nitrogens is 2. The molecule has 14 heteroatoms. The summed E-state index contributed by atoms with van der Waals surface area (Å²) in [5.74, 6) is 2.04. The summed E-state index contributed by atoms with van der Waals surface area (Å²) < 4.78 is 16.3. The van der Waals surface area contributed by atoms with Gasteiger partial charge < -0.3 is 24.9 Å². The van der Waals surface area contributed by atoms with E-state index in [-0.39, 0.29) is 18.0 Å². The fraction of sp³-hybridized carbons (Fsp3) is 0.167. The van der Waals surface area contributed by atoms with Crippen molar-refractivity contribution in [2.45, 2.75) is 39.9 Å². The average Bonchev–Trinajstić information content (AvgIpc) is 3.60. The Kier molecular flexibility index (Phi) is 14.6. The predicted octanol–water partition coefficient (Wildman–Crippen LogP) is 8.87. The zero-order valence-electron chi connectivity index (χ0n) is 27.3. The van der Waals surface area contributed by atoms with Crippen molar-refractivity contribution in [1.82, 2.24) is 10.1 Å². The second-order valence-corrected chi connectivity index (χ2v) is 11.8. The number of nitrogens with zero attached hydrogens (tertiary/aromatic N) is 5. The number of amidine groups is 1. The van der Waals surface area contributed by atoms with Crippen molar-refractivity contribution in [3.63, 3.8) is 0 Å². The Bertz CT molecular complexity index is 2020. The van der Waals surface area contributed by atoms with Crippen LogP contribution in [0.4, 0.5) is 0 Å². The first-order valence-electron chi connectivity index (χ1n) is 14.8. The number of carbonyl (C=O) groups is 1. The minimum absolute atomic E-state index is 0.0213. The number of hydrogen-bond donors (Lipinski definition) is 2. The van der Waals surface area contributed by atoms with Crippen LogP contribution in [-0.2, 0) is 0 Å². The Balaban J connectivity index is 0.000000222. The summed E-state index contributed by atoms with van der Waals surface area (Å²) in [6.07, 6.45) is 0.0960. The predicted molar refractivity (Wildman–Crippen MR) is 192 cm³/mol. The molecule has 0 radical (unpaired) electrons. The zero-order valence-corrected chi connectivity index (χ0v) is 29.5. The Morgan fingerprint density at radius 3 is 1.74 bits per heavy atom. The molecule has 0 unspecified atom stereocenters. The van der Waals surface area contributed by atoms with Crippen molar-refractivity contribution in [2.24, 2.45) is 10.9 Å². The normalized spacial score (nSPS) is 10.6. The van der Waals surface area contributed by atoms with Gasteiger partial charge in [0.25, 0.3) is 11.1 Å². The number of ether oxygens (including phenoxy) is 2. The van der Waals surface area contributed by atoms with Crippen LogP contribution in [0.3, 0.4) is 0 Å². The van der Waals surface area contributed by atoms with Crippen LogP contribution in [0.25, 0.3) is 22.8 Å². The van der Waals surface area contributed by atoms with Gasteiger partial charge in [-0.3, -0.25) is 4.79 Å².